The van der Waals surface area contributed by atoms with E-state index in [-0.39, 0.29) is 11.9 Å². The molecule has 112 valence electrons. The first kappa shape index (κ1) is 14.4. The van der Waals surface area contributed by atoms with Gasteiger partial charge in [-0.15, -0.1) is 0 Å². The zero-order valence-electron chi connectivity index (χ0n) is 12.3. The molecule has 1 amide bonds. The number of hydrogen-bond donors (Lipinski definition) is 1. The van der Waals surface area contributed by atoms with Crippen molar-refractivity contribution in [3.05, 3.63) is 35.9 Å². The highest BCUT2D eigenvalue weighted by atomic mass is 32.2. The summed E-state index contributed by atoms with van der Waals surface area (Å²) in [4.78, 5) is 18.8. The molecule has 0 aromatic heterocycles. The van der Waals surface area contributed by atoms with Crippen LogP contribution in [0.3, 0.4) is 0 Å². The van der Waals surface area contributed by atoms with E-state index in [9.17, 15) is 4.79 Å². The summed E-state index contributed by atoms with van der Waals surface area (Å²) in [5.74, 6) is 0.193. The summed E-state index contributed by atoms with van der Waals surface area (Å²) in [6.45, 7) is 4.51. The average molecular weight is 303 g/mol. The molecule has 0 spiro atoms. The predicted molar refractivity (Wildman–Crippen MR) is 87.5 cm³/mol. The summed E-state index contributed by atoms with van der Waals surface area (Å²) >= 11 is 1.72. The van der Waals surface area contributed by atoms with E-state index in [2.05, 4.69) is 34.6 Å². The van der Waals surface area contributed by atoms with Crippen molar-refractivity contribution in [3.8, 4) is 0 Å². The van der Waals surface area contributed by atoms with E-state index in [1.165, 1.54) is 5.56 Å². The molecule has 1 saturated heterocycles. The van der Waals surface area contributed by atoms with Gasteiger partial charge in [0.1, 0.15) is 6.04 Å². The van der Waals surface area contributed by atoms with Crippen LogP contribution in [0, 0.1) is 0 Å². The Morgan fingerprint density at radius 2 is 2.05 bits per heavy atom. The minimum atomic E-state index is -0.191. The predicted octanol–water partition coefficient (Wildman–Crippen LogP) is 2.43. The third-order valence-corrected chi connectivity index (χ3v) is 5.13. The number of benzene rings is 1. The second kappa shape index (κ2) is 6.52. The first-order valence-corrected chi connectivity index (χ1v) is 8.43. The number of carbonyl (C=O) groups is 1. The van der Waals surface area contributed by atoms with Gasteiger partial charge in [-0.2, -0.15) is 0 Å². The van der Waals surface area contributed by atoms with Gasteiger partial charge in [0, 0.05) is 13.1 Å². The molecule has 2 heterocycles. The molecule has 5 heteroatoms. The SMILES string of the molecule is CC(NC1=NCC(c2ccccc2)S1)C(=O)N1CCCC1. The van der Waals surface area contributed by atoms with Crippen molar-refractivity contribution in [1.82, 2.24) is 10.2 Å². The lowest BCUT2D eigenvalue weighted by molar-refractivity contribution is -0.131. The van der Waals surface area contributed by atoms with Gasteiger partial charge < -0.3 is 10.2 Å². The minimum Gasteiger partial charge on any atom is -0.353 e. The second-order valence-corrected chi connectivity index (χ2v) is 6.75. The molecule has 1 aromatic rings. The molecule has 2 unspecified atom stereocenters. The van der Waals surface area contributed by atoms with Gasteiger partial charge in [-0.3, -0.25) is 9.79 Å². The third kappa shape index (κ3) is 3.40. The Bertz CT molecular complexity index is 526. The molecule has 4 nitrogen and oxygen atoms in total. The summed E-state index contributed by atoms with van der Waals surface area (Å²) in [5, 5.41) is 4.53. The van der Waals surface area contributed by atoms with E-state index in [0.29, 0.717) is 5.25 Å². The molecule has 3 rings (SSSR count). The standard InChI is InChI=1S/C16H21N3OS/c1-12(15(20)19-9-5-6-10-19)18-16-17-11-14(21-16)13-7-3-2-4-8-13/h2-4,7-8,12,14H,5-6,9-11H2,1H3,(H,17,18). The molecule has 21 heavy (non-hydrogen) atoms. The Morgan fingerprint density at radius 3 is 2.76 bits per heavy atom. The molecule has 2 aliphatic heterocycles. The number of likely N-dealkylation sites (tertiary alicyclic amines) is 1. The fourth-order valence-corrected chi connectivity index (χ4v) is 3.86. The minimum absolute atomic E-state index is 0.191. The largest absolute Gasteiger partial charge is 0.353 e. The number of carbonyl (C=O) groups excluding carboxylic acids is 1. The van der Waals surface area contributed by atoms with Crippen LogP contribution >= 0.6 is 11.8 Å². The van der Waals surface area contributed by atoms with E-state index < -0.39 is 0 Å². The van der Waals surface area contributed by atoms with Gasteiger partial charge in [-0.05, 0) is 25.3 Å². The fourth-order valence-electron chi connectivity index (χ4n) is 2.75. The number of nitrogens with zero attached hydrogens (tertiary/aromatic N) is 2. The highest BCUT2D eigenvalue weighted by Gasteiger charge is 2.27. The maximum atomic E-state index is 12.3. The maximum Gasteiger partial charge on any atom is 0.244 e. The van der Waals surface area contributed by atoms with Crippen LogP contribution < -0.4 is 5.32 Å². The van der Waals surface area contributed by atoms with Gasteiger partial charge in [0.05, 0.1) is 11.8 Å². The number of amidine groups is 1. The summed E-state index contributed by atoms with van der Waals surface area (Å²) < 4.78 is 0. The van der Waals surface area contributed by atoms with Crippen LogP contribution in [0.1, 0.15) is 30.6 Å². The summed E-state index contributed by atoms with van der Waals surface area (Å²) in [5.41, 5.74) is 1.29. The molecule has 0 saturated carbocycles. The Hall–Kier alpha value is -1.49. The highest BCUT2D eigenvalue weighted by molar-refractivity contribution is 8.14. The Labute approximate surface area is 130 Å². The molecule has 2 aliphatic rings. The first-order valence-electron chi connectivity index (χ1n) is 7.55. The van der Waals surface area contributed by atoms with Gasteiger partial charge in [-0.1, -0.05) is 42.1 Å². The van der Waals surface area contributed by atoms with Crippen LogP contribution in [-0.2, 0) is 4.79 Å². The maximum absolute atomic E-state index is 12.3. The number of aliphatic imine (C=N–C) groups is 1. The smallest absolute Gasteiger partial charge is 0.244 e. The topological polar surface area (TPSA) is 44.7 Å². The van der Waals surface area contributed by atoms with Crippen LogP contribution in [-0.4, -0.2) is 41.7 Å². The molecular formula is C16H21N3OS. The van der Waals surface area contributed by atoms with E-state index in [4.69, 9.17) is 0 Å². The Morgan fingerprint density at radius 1 is 1.33 bits per heavy atom. The second-order valence-electron chi connectivity index (χ2n) is 5.56. The molecule has 0 radical (unpaired) electrons. The van der Waals surface area contributed by atoms with Crippen LogP contribution in [0.4, 0.5) is 0 Å². The zero-order chi connectivity index (χ0) is 14.7. The van der Waals surface area contributed by atoms with E-state index >= 15 is 0 Å². The van der Waals surface area contributed by atoms with Crippen molar-refractivity contribution in [2.75, 3.05) is 19.6 Å². The van der Waals surface area contributed by atoms with Crippen LogP contribution in [0.2, 0.25) is 0 Å². The average Bonchev–Trinajstić information content (AvgIpc) is 3.19. The normalized spacial score (nSPS) is 23.0. The van der Waals surface area contributed by atoms with Gasteiger partial charge >= 0.3 is 0 Å². The number of thioether (sulfide) groups is 1. The van der Waals surface area contributed by atoms with Crippen molar-refractivity contribution < 1.29 is 4.79 Å². The number of rotatable bonds is 3. The third-order valence-electron chi connectivity index (χ3n) is 3.95. The molecule has 1 aromatic carbocycles. The van der Waals surface area contributed by atoms with Crippen LogP contribution in [0.15, 0.2) is 35.3 Å². The van der Waals surface area contributed by atoms with Crippen molar-refractivity contribution in [1.29, 1.82) is 0 Å². The van der Waals surface area contributed by atoms with Gasteiger partial charge in [0.25, 0.3) is 0 Å². The summed E-state index contributed by atoms with van der Waals surface area (Å²) in [6, 6.07) is 10.2. The van der Waals surface area contributed by atoms with Crippen molar-refractivity contribution in [2.45, 2.75) is 31.1 Å². The quantitative estimate of drug-likeness (QED) is 0.933. The Kier molecular flexibility index (Phi) is 4.48. The van der Waals surface area contributed by atoms with Crippen molar-refractivity contribution >= 4 is 22.8 Å². The molecule has 1 N–H and O–H groups in total. The fraction of sp³-hybridized carbons (Fsp3) is 0.500. The lowest BCUT2D eigenvalue weighted by atomic mass is 10.1. The Balaban J connectivity index is 1.53. The van der Waals surface area contributed by atoms with Crippen LogP contribution in [0.25, 0.3) is 0 Å². The summed E-state index contributed by atoms with van der Waals surface area (Å²) in [6.07, 6.45) is 2.26. The van der Waals surface area contributed by atoms with E-state index in [1.807, 2.05) is 17.9 Å². The van der Waals surface area contributed by atoms with Gasteiger partial charge in [0.15, 0.2) is 5.17 Å². The monoisotopic (exact) mass is 303 g/mol. The summed E-state index contributed by atoms with van der Waals surface area (Å²) in [7, 11) is 0. The molecule has 2 atom stereocenters. The lowest BCUT2D eigenvalue weighted by Gasteiger charge is -2.21. The number of nitrogens with one attached hydrogen (secondary N) is 1. The molecule has 1 fully saturated rings. The number of amides is 1. The van der Waals surface area contributed by atoms with Gasteiger partial charge in [0.2, 0.25) is 5.91 Å². The molecule has 0 bridgehead atoms. The van der Waals surface area contributed by atoms with E-state index in [0.717, 1.165) is 37.6 Å². The lowest BCUT2D eigenvalue weighted by Crippen LogP contribution is -2.45. The first-order chi connectivity index (χ1) is 10.2. The number of hydrogen-bond acceptors (Lipinski definition) is 4. The molecular weight excluding hydrogens is 282 g/mol. The highest BCUT2D eigenvalue weighted by Crippen LogP contribution is 2.34. The zero-order valence-corrected chi connectivity index (χ0v) is 13.1. The van der Waals surface area contributed by atoms with Gasteiger partial charge in [-0.25, -0.2) is 0 Å². The van der Waals surface area contributed by atoms with E-state index in [1.54, 1.807) is 11.8 Å². The van der Waals surface area contributed by atoms with Crippen molar-refractivity contribution in [2.24, 2.45) is 4.99 Å². The van der Waals surface area contributed by atoms with Crippen molar-refractivity contribution in [3.63, 3.8) is 0 Å². The van der Waals surface area contributed by atoms with Crippen LogP contribution in [0.5, 0.6) is 0 Å². The molecule has 0 aliphatic carbocycles.